The van der Waals surface area contributed by atoms with E-state index >= 15 is 0 Å². The lowest BCUT2D eigenvalue weighted by molar-refractivity contribution is 0.166. The van der Waals surface area contributed by atoms with Crippen molar-refractivity contribution in [3.05, 3.63) is 76.8 Å². The molecule has 9 heteroatoms. The summed E-state index contributed by atoms with van der Waals surface area (Å²) in [6.45, 7) is 4.72. The molecule has 1 atom stereocenters. The van der Waals surface area contributed by atoms with E-state index in [4.69, 9.17) is 16.6 Å². The lowest BCUT2D eigenvalue weighted by atomic mass is 10.0. The largest absolute Gasteiger partial charge is 0.328 e. The van der Waals surface area contributed by atoms with E-state index < -0.39 is 0 Å². The van der Waals surface area contributed by atoms with Crippen LogP contribution >= 0.6 is 11.6 Å². The van der Waals surface area contributed by atoms with Crippen LogP contribution in [-0.4, -0.2) is 41.8 Å². The smallest absolute Gasteiger partial charge is 0.317 e. The maximum Gasteiger partial charge on any atom is 0.328 e. The summed E-state index contributed by atoms with van der Waals surface area (Å²) in [6, 6.07) is 11.6. The first-order valence-corrected chi connectivity index (χ1v) is 11.7. The number of hydrogen-bond acceptors (Lipinski definition) is 5. The minimum absolute atomic E-state index is 0.0271. The Morgan fingerprint density at radius 2 is 2.09 bits per heavy atom. The van der Waals surface area contributed by atoms with E-state index in [-0.39, 0.29) is 12.1 Å². The molecule has 0 saturated carbocycles. The molecule has 1 amide bonds. The number of benzene rings is 1. The Bertz CT molecular complexity index is 1360. The van der Waals surface area contributed by atoms with Crippen LogP contribution in [-0.2, 0) is 13.5 Å². The summed E-state index contributed by atoms with van der Waals surface area (Å²) in [5, 5.41) is 8.04. The lowest BCUT2D eigenvalue weighted by Crippen LogP contribution is -2.43. The summed E-state index contributed by atoms with van der Waals surface area (Å²) in [4.78, 5) is 24.6. The van der Waals surface area contributed by atoms with Gasteiger partial charge in [-0.05, 0) is 42.7 Å². The van der Waals surface area contributed by atoms with Crippen molar-refractivity contribution in [3.8, 4) is 11.3 Å². The van der Waals surface area contributed by atoms with E-state index in [1.54, 1.807) is 21.6 Å². The Labute approximate surface area is 203 Å². The molecule has 174 valence electrons. The van der Waals surface area contributed by atoms with Gasteiger partial charge >= 0.3 is 6.03 Å². The van der Waals surface area contributed by atoms with Crippen LogP contribution in [0.25, 0.3) is 11.3 Å². The highest BCUT2D eigenvalue weighted by Gasteiger charge is 2.30. The Kier molecular flexibility index (Phi) is 5.83. The molecular formula is C25H26ClN7O. The van der Waals surface area contributed by atoms with Crippen LogP contribution in [0.2, 0.25) is 5.02 Å². The van der Waals surface area contributed by atoms with Crippen molar-refractivity contribution in [3.63, 3.8) is 0 Å². The van der Waals surface area contributed by atoms with Crippen molar-refractivity contribution in [2.45, 2.75) is 32.7 Å². The van der Waals surface area contributed by atoms with Crippen molar-refractivity contribution in [2.24, 2.45) is 7.05 Å². The molecule has 1 aromatic carbocycles. The van der Waals surface area contributed by atoms with Crippen LogP contribution in [0.15, 0.2) is 55.0 Å². The van der Waals surface area contributed by atoms with Crippen molar-refractivity contribution < 1.29 is 4.79 Å². The Hall–Kier alpha value is -3.65. The molecule has 1 aliphatic rings. The minimum atomic E-state index is -0.0285. The fraction of sp³-hybridized carbons (Fsp3) is 0.280. The fourth-order valence-electron chi connectivity index (χ4n) is 4.52. The molecule has 0 spiro atoms. The summed E-state index contributed by atoms with van der Waals surface area (Å²) in [5.41, 5.74) is 4.66. The zero-order valence-electron chi connectivity index (χ0n) is 19.4. The first kappa shape index (κ1) is 22.2. The second kappa shape index (κ2) is 8.95. The van der Waals surface area contributed by atoms with Crippen molar-refractivity contribution in [1.82, 2.24) is 29.2 Å². The second-order valence-corrected chi connectivity index (χ2v) is 8.92. The Morgan fingerprint density at radius 1 is 1.24 bits per heavy atom. The zero-order valence-corrected chi connectivity index (χ0v) is 20.1. The van der Waals surface area contributed by atoms with Gasteiger partial charge in [-0.3, -0.25) is 9.25 Å². The van der Waals surface area contributed by atoms with Gasteiger partial charge in [0, 0.05) is 54.8 Å². The number of carbonyl (C=O) groups is 1. The third-order valence-electron chi connectivity index (χ3n) is 6.26. The van der Waals surface area contributed by atoms with E-state index in [0.717, 1.165) is 46.7 Å². The van der Waals surface area contributed by atoms with E-state index in [2.05, 4.69) is 28.4 Å². The number of anilines is 2. The molecule has 0 unspecified atom stereocenters. The third kappa shape index (κ3) is 4.05. The van der Waals surface area contributed by atoms with E-state index in [1.165, 1.54) is 0 Å². The van der Waals surface area contributed by atoms with Gasteiger partial charge < -0.3 is 10.2 Å². The minimum Gasteiger partial charge on any atom is -0.317 e. The molecule has 0 radical (unpaired) electrons. The van der Waals surface area contributed by atoms with Crippen molar-refractivity contribution in [2.75, 3.05) is 11.9 Å². The van der Waals surface area contributed by atoms with Crippen molar-refractivity contribution >= 4 is 29.4 Å². The van der Waals surface area contributed by atoms with E-state index in [1.807, 2.05) is 55.4 Å². The molecule has 8 nitrogen and oxygen atoms in total. The summed E-state index contributed by atoms with van der Waals surface area (Å²) < 4.78 is 3.47. The molecule has 5 rings (SSSR count). The number of aromatic nitrogens is 5. The topological polar surface area (TPSA) is 80.9 Å². The second-order valence-electron chi connectivity index (χ2n) is 8.49. The third-order valence-corrected chi connectivity index (χ3v) is 6.50. The van der Waals surface area contributed by atoms with Crippen LogP contribution in [0.4, 0.5) is 16.6 Å². The highest BCUT2D eigenvalue weighted by Crippen LogP contribution is 2.32. The summed E-state index contributed by atoms with van der Waals surface area (Å²) >= 11 is 6.22. The number of nitrogens with zero attached hydrogens (tertiary/aromatic N) is 6. The standard InChI is InChI=1S/C25H26ClN7O/c1-4-21(17-6-5-7-19(26)12-17)32-11-9-20-13-18(15-33(20)25(32)34)23-16(2)14-27-24(30-23)29-22-8-10-28-31(22)3/h5-8,10,12-15,21H,4,9,11H2,1-3H3,(H,27,29,30)/t21-/m1/s1. The highest BCUT2D eigenvalue weighted by molar-refractivity contribution is 6.30. The number of halogens is 1. The number of rotatable bonds is 6. The van der Waals surface area contributed by atoms with Crippen LogP contribution in [0.1, 0.15) is 36.2 Å². The lowest BCUT2D eigenvalue weighted by Gasteiger charge is -2.35. The zero-order chi connectivity index (χ0) is 23.8. The van der Waals surface area contributed by atoms with E-state index in [9.17, 15) is 4.79 Å². The molecule has 4 heterocycles. The predicted molar refractivity (Wildman–Crippen MR) is 132 cm³/mol. The Balaban J connectivity index is 1.45. The van der Waals surface area contributed by atoms with Crippen LogP contribution in [0.5, 0.6) is 0 Å². The average Bonchev–Trinajstić information content (AvgIpc) is 3.44. The maximum absolute atomic E-state index is 13.5. The average molecular weight is 476 g/mol. The molecule has 4 aromatic rings. The number of amides is 1. The molecule has 1 N–H and O–H groups in total. The van der Waals surface area contributed by atoms with Crippen molar-refractivity contribution in [1.29, 1.82) is 0 Å². The van der Waals surface area contributed by atoms with Gasteiger partial charge in [-0.25, -0.2) is 14.8 Å². The number of nitrogens with one attached hydrogen (secondary N) is 1. The van der Waals surface area contributed by atoms with Gasteiger partial charge in [-0.1, -0.05) is 30.7 Å². The van der Waals surface area contributed by atoms with E-state index in [0.29, 0.717) is 17.5 Å². The normalized spacial score (nSPS) is 14.2. The van der Waals surface area contributed by atoms with Crippen LogP contribution in [0, 0.1) is 6.92 Å². The first-order valence-electron chi connectivity index (χ1n) is 11.3. The summed E-state index contributed by atoms with van der Waals surface area (Å²) in [5.74, 6) is 1.27. The fourth-order valence-corrected chi connectivity index (χ4v) is 4.72. The molecular weight excluding hydrogens is 450 g/mol. The summed E-state index contributed by atoms with van der Waals surface area (Å²) in [6.07, 6.45) is 6.97. The SMILES string of the molecule is CC[C@H](c1cccc(Cl)c1)N1CCc2cc(-c3nc(Nc4ccnn4C)ncc3C)cn2C1=O. The molecule has 34 heavy (non-hydrogen) atoms. The Morgan fingerprint density at radius 3 is 2.82 bits per heavy atom. The monoisotopic (exact) mass is 475 g/mol. The van der Waals surface area contributed by atoms with Gasteiger partial charge in [-0.2, -0.15) is 5.10 Å². The van der Waals surface area contributed by atoms with Gasteiger partial charge in [0.2, 0.25) is 5.95 Å². The van der Waals surface area contributed by atoms with Crippen LogP contribution < -0.4 is 5.32 Å². The number of hydrogen-bond donors (Lipinski definition) is 1. The van der Waals surface area contributed by atoms with Crippen LogP contribution in [0.3, 0.4) is 0 Å². The van der Waals surface area contributed by atoms with Gasteiger partial charge in [0.25, 0.3) is 0 Å². The number of carbonyl (C=O) groups excluding carboxylic acids is 1. The molecule has 0 bridgehead atoms. The maximum atomic E-state index is 13.5. The quantitative estimate of drug-likeness (QED) is 0.406. The molecule has 0 fully saturated rings. The molecule has 1 aliphatic heterocycles. The first-order chi connectivity index (χ1) is 16.4. The van der Waals surface area contributed by atoms with Gasteiger partial charge in [0.15, 0.2) is 0 Å². The number of aryl methyl sites for hydroxylation is 2. The summed E-state index contributed by atoms with van der Waals surface area (Å²) in [7, 11) is 1.85. The molecule has 0 saturated heterocycles. The highest BCUT2D eigenvalue weighted by atomic mass is 35.5. The van der Waals surface area contributed by atoms with Gasteiger partial charge in [0.05, 0.1) is 17.9 Å². The predicted octanol–water partition coefficient (Wildman–Crippen LogP) is 5.36. The molecule has 3 aromatic heterocycles. The number of fused-ring (bicyclic) bond motifs is 1. The van der Waals surface area contributed by atoms with Gasteiger partial charge in [0.1, 0.15) is 5.82 Å². The molecule has 0 aliphatic carbocycles. The van der Waals surface area contributed by atoms with Gasteiger partial charge in [-0.15, -0.1) is 0 Å².